The number of amides is 2. The third-order valence-electron chi connectivity index (χ3n) is 6.33. The smallest absolute Gasteiger partial charge is 0.228 e. The average molecular weight is 319 g/mol. The summed E-state index contributed by atoms with van der Waals surface area (Å²) in [6.07, 6.45) is 7.70. The number of nitrogens with one attached hydrogen (secondary N) is 1. The summed E-state index contributed by atoms with van der Waals surface area (Å²) in [7, 11) is 1.70. The number of likely N-dealkylation sites (tertiary alicyclic amines) is 2. The van der Waals surface area contributed by atoms with Crippen LogP contribution in [0.3, 0.4) is 0 Å². The second-order valence-corrected chi connectivity index (χ2v) is 8.01. The summed E-state index contributed by atoms with van der Waals surface area (Å²) >= 11 is 0. The SMILES string of the molecule is CN1C(=N)C[C@](C)(C2CCCN(C(=O)C3CCCC3)C2)CC1=O. The molecule has 0 aromatic carbocycles. The largest absolute Gasteiger partial charge is 0.342 e. The van der Waals surface area contributed by atoms with Crippen LogP contribution in [0.15, 0.2) is 0 Å². The molecule has 0 aromatic rings. The number of hydrogen-bond donors (Lipinski definition) is 1. The Labute approximate surface area is 138 Å². The number of nitrogens with zero attached hydrogens (tertiary/aromatic N) is 2. The summed E-state index contributed by atoms with van der Waals surface area (Å²) in [4.78, 5) is 28.4. The minimum atomic E-state index is -0.171. The molecule has 3 rings (SSSR count). The van der Waals surface area contributed by atoms with Gasteiger partial charge in [0.1, 0.15) is 5.84 Å². The monoisotopic (exact) mass is 319 g/mol. The molecule has 5 heteroatoms. The number of rotatable bonds is 2. The van der Waals surface area contributed by atoms with Gasteiger partial charge in [-0.15, -0.1) is 0 Å². The minimum Gasteiger partial charge on any atom is -0.342 e. The Hall–Kier alpha value is -1.39. The lowest BCUT2D eigenvalue weighted by molar-refractivity contribution is -0.139. The van der Waals surface area contributed by atoms with E-state index >= 15 is 0 Å². The molecule has 1 saturated carbocycles. The predicted molar refractivity (Wildman–Crippen MR) is 89.1 cm³/mol. The van der Waals surface area contributed by atoms with Gasteiger partial charge in [0.15, 0.2) is 0 Å². The topological polar surface area (TPSA) is 64.5 Å². The Kier molecular flexibility index (Phi) is 4.47. The first-order chi connectivity index (χ1) is 10.9. The fourth-order valence-corrected chi connectivity index (χ4v) is 4.64. The van der Waals surface area contributed by atoms with Gasteiger partial charge >= 0.3 is 0 Å². The molecule has 1 N–H and O–H groups in total. The van der Waals surface area contributed by atoms with Crippen LogP contribution in [0.5, 0.6) is 0 Å². The van der Waals surface area contributed by atoms with E-state index < -0.39 is 0 Å². The van der Waals surface area contributed by atoms with E-state index in [2.05, 4.69) is 11.8 Å². The van der Waals surface area contributed by atoms with Crippen molar-refractivity contribution in [3.05, 3.63) is 0 Å². The molecular formula is C18H29N3O2. The van der Waals surface area contributed by atoms with Gasteiger partial charge in [0.2, 0.25) is 11.8 Å². The van der Waals surface area contributed by atoms with E-state index in [9.17, 15) is 9.59 Å². The Morgan fingerprint density at radius 3 is 2.52 bits per heavy atom. The highest BCUT2D eigenvalue weighted by atomic mass is 16.2. The molecule has 1 unspecified atom stereocenters. The van der Waals surface area contributed by atoms with Gasteiger partial charge < -0.3 is 9.80 Å². The summed E-state index contributed by atoms with van der Waals surface area (Å²) in [5.41, 5.74) is -0.171. The van der Waals surface area contributed by atoms with Crippen LogP contribution in [0.1, 0.15) is 58.3 Å². The van der Waals surface area contributed by atoms with Gasteiger partial charge in [0.25, 0.3) is 0 Å². The maximum Gasteiger partial charge on any atom is 0.228 e. The third kappa shape index (κ3) is 3.15. The lowest BCUT2D eigenvalue weighted by Gasteiger charge is -2.47. The van der Waals surface area contributed by atoms with E-state index in [1.54, 1.807) is 7.05 Å². The van der Waals surface area contributed by atoms with Gasteiger partial charge in [-0.05, 0) is 37.0 Å². The van der Waals surface area contributed by atoms with Gasteiger partial charge in [-0.3, -0.25) is 15.0 Å². The van der Waals surface area contributed by atoms with Crippen LogP contribution in [-0.2, 0) is 9.59 Å². The molecule has 2 aliphatic heterocycles. The molecule has 0 bridgehead atoms. The molecule has 1 aliphatic carbocycles. The second kappa shape index (κ2) is 6.25. The van der Waals surface area contributed by atoms with Gasteiger partial charge in [-0.2, -0.15) is 0 Å². The molecule has 5 nitrogen and oxygen atoms in total. The van der Waals surface area contributed by atoms with E-state index in [0.29, 0.717) is 30.5 Å². The van der Waals surface area contributed by atoms with E-state index in [-0.39, 0.29) is 17.2 Å². The van der Waals surface area contributed by atoms with Crippen LogP contribution < -0.4 is 0 Å². The molecule has 0 spiro atoms. The lowest BCUT2D eigenvalue weighted by Crippen LogP contribution is -2.52. The molecule has 2 saturated heterocycles. The Morgan fingerprint density at radius 1 is 1.17 bits per heavy atom. The molecule has 0 aromatic heterocycles. The fraction of sp³-hybridized carbons (Fsp3) is 0.833. The van der Waals surface area contributed by atoms with Gasteiger partial charge in [0.05, 0.1) is 0 Å². The van der Waals surface area contributed by atoms with Crippen LogP contribution in [0.25, 0.3) is 0 Å². The van der Waals surface area contributed by atoms with Gasteiger partial charge in [-0.1, -0.05) is 19.8 Å². The van der Waals surface area contributed by atoms with Crippen molar-refractivity contribution in [2.24, 2.45) is 17.3 Å². The highest BCUT2D eigenvalue weighted by Crippen LogP contribution is 2.43. The predicted octanol–water partition coefficient (Wildman–Crippen LogP) is 2.65. The summed E-state index contributed by atoms with van der Waals surface area (Å²) < 4.78 is 0. The van der Waals surface area contributed by atoms with E-state index in [1.165, 1.54) is 17.7 Å². The number of piperidine rings is 2. The average Bonchev–Trinajstić information content (AvgIpc) is 3.06. The van der Waals surface area contributed by atoms with E-state index in [1.807, 2.05) is 0 Å². The van der Waals surface area contributed by atoms with Crippen molar-refractivity contribution in [2.45, 2.75) is 58.3 Å². The van der Waals surface area contributed by atoms with Crippen molar-refractivity contribution in [3.8, 4) is 0 Å². The van der Waals surface area contributed by atoms with Crippen molar-refractivity contribution in [3.63, 3.8) is 0 Å². The summed E-state index contributed by atoms with van der Waals surface area (Å²) in [5, 5.41) is 8.09. The maximum atomic E-state index is 12.7. The molecular weight excluding hydrogens is 290 g/mol. The standard InChI is InChI=1S/C18H29N3O2/c1-18(10-15(19)20(2)16(22)11-18)14-8-5-9-21(12-14)17(23)13-6-3-4-7-13/h13-14,19H,3-12H2,1-2H3/t14?,18-/m0/s1. The quantitative estimate of drug-likeness (QED) is 0.850. The van der Waals surface area contributed by atoms with Crippen LogP contribution in [0.2, 0.25) is 0 Å². The zero-order chi connectivity index (χ0) is 16.6. The minimum absolute atomic E-state index is 0.0444. The number of carbonyl (C=O) groups is 2. The van der Waals surface area contributed by atoms with Gasteiger partial charge in [-0.25, -0.2) is 0 Å². The molecule has 128 valence electrons. The normalized spacial score (nSPS) is 33.4. The summed E-state index contributed by atoms with van der Waals surface area (Å²) in [5.74, 6) is 1.37. The van der Waals surface area contributed by atoms with Crippen LogP contribution >= 0.6 is 0 Å². The van der Waals surface area contributed by atoms with E-state index in [4.69, 9.17) is 5.41 Å². The maximum absolute atomic E-state index is 12.7. The number of amidine groups is 1. The van der Waals surface area contributed by atoms with Crippen molar-refractivity contribution < 1.29 is 9.59 Å². The van der Waals surface area contributed by atoms with Crippen molar-refractivity contribution in [1.29, 1.82) is 5.41 Å². The second-order valence-electron chi connectivity index (χ2n) is 8.01. The highest BCUT2D eigenvalue weighted by Gasteiger charge is 2.45. The highest BCUT2D eigenvalue weighted by molar-refractivity contribution is 5.99. The Balaban J connectivity index is 1.69. The van der Waals surface area contributed by atoms with Gasteiger partial charge in [0, 0.05) is 38.9 Å². The number of carbonyl (C=O) groups excluding carboxylic acids is 2. The molecule has 3 aliphatic rings. The summed E-state index contributed by atoms with van der Waals surface area (Å²) in [6.45, 7) is 3.78. The van der Waals surface area contributed by atoms with Crippen LogP contribution in [0.4, 0.5) is 0 Å². The van der Waals surface area contributed by atoms with Crippen molar-refractivity contribution in [1.82, 2.24) is 9.80 Å². The molecule has 23 heavy (non-hydrogen) atoms. The fourth-order valence-electron chi connectivity index (χ4n) is 4.64. The number of hydrogen-bond acceptors (Lipinski definition) is 3. The Bertz CT molecular complexity index is 492. The lowest BCUT2D eigenvalue weighted by atomic mass is 9.67. The van der Waals surface area contributed by atoms with Crippen LogP contribution in [0, 0.1) is 22.7 Å². The van der Waals surface area contributed by atoms with E-state index in [0.717, 1.165) is 38.8 Å². The van der Waals surface area contributed by atoms with Crippen molar-refractivity contribution in [2.75, 3.05) is 20.1 Å². The first-order valence-corrected chi connectivity index (χ1v) is 9.03. The first kappa shape index (κ1) is 16.5. The molecule has 2 amide bonds. The molecule has 0 radical (unpaired) electrons. The molecule has 2 atom stereocenters. The first-order valence-electron chi connectivity index (χ1n) is 9.03. The summed E-state index contributed by atoms with van der Waals surface area (Å²) in [6, 6.07) is 0. The van der Waals surface area contributed by atoms with Crippen LogP contribution in [-0.4, -0.2) is 47.6 Å². The zero-order valence-electron chi connectivity index (χ0n) is 14.4. The Morgan fingerprint density at radius 2 is 1.87 bits per heavy atom. The zero-order valence-corrected chi connectivity index (χ0v) is 14.4. The molecule has 2 heterocycles. The van der Waals surface area contributed by atoms with Crippen molar-refractivity contribution >= 4 is 17.6 Å². The third-order valence-corrected chi connectivity index (χ3v) is 6.33. The molecule has 3 fully saturated rings.